The van der Waals surface area contributed by atoms with Crippen LogP contribution in [0.1, 0.15) is 28.9 Å². The number of benzene rings is 1. The Hall–Kier alpha value is -2.30. The summed E-state index contributed by atoms with van der Waals surface area (Å²) < 4.78 is 7.63. The van der Waals surface area contributed by atoms with Gasteiger partial charge in [-0.25, -0.2) is 4.99 Å². The molecule has 0 amide bonds. The Morgan fingerprint density at radius 2 is 2.08 bits per heavy atom. The Bertz CT molecular complexity index is 836. The van der Waals surface area contributed by atoms with Gasteiger partial charge in [0.15, 0.2) is 0 Å². The Kier molecular flexibility index (Phi) is 3.41. The quantitative estimate of drug-likeness (QED) is 0.877. The molecule has 1 atom stereocenters. The molecule has 24 heavy (non-hydrogen) atoms. The number of nitrogens with one attached hydrogen (secondary N) is 1. The van der Waals surface area contributed by atoms with Gasteiger partial charge in [0.25, 0.3) is 6.02 Å². The van der Waals surface area contributed by atoms with Gasteiger partial charge in [0, 0.05) is 31.8 Å². The van der Waals surface area contributed by atoms with Crippen LogP contribution in [0.3, 0.4) is 0 Å². The highest BCUT2D eigenvalue weighted by Gasteiger charge is 2.39. The number of aliphatic imine (C=N–C) groups is 1. The van der Waals surface area contributed by atoms with Crippen molar-refractivity contribution in [3.05, 3.63) is 40.7 Å². The van der Waals surface area contributed by atoms with E-state index in [-0.39, 0.29) is 5.54 Å². The molecule has 1 N–H and O–H groups in total. The molecule has 0 saturated heterocycles. The molecule has 5 nitrogen and oxygen atoms in total. The van der Waals surface area contributed by atoms with Crippen molar-refractivity contribution >= 4 is 6.02 Å². The van der Waals surface area contributed by atoms with Gasteiger partial charge in [-0.05, 0) is 43.4 Å². The van der Waals surface area contributed by atoms with Crippen molar-refractivity contribution in [2.24, 2.45) is 12.0 Å². The monoisotopic (exact) mass is 324 g/mol. The van der Waals surface area contributed by atoms with Crippen LogP contribution >= 0.6 is 0 Å². The van der Waals surface area contributed by atoms with Gasteiger partial charge < -0.3 is 10.1 Å². The van der Waals surface area contributed by atoms with E-state index in [4.69, 9.17) is 9.73 Å². The largest absolute Gasteiger partial charge is 0.463 e. The van der Waals surface area contributed by atoms with Crippen LogP contribution in [0.15, 0.2) is 23.2 Å². The second-order valence-electron chi connectivity index (χ2n) is 7.01. The van der Waals surface area contributed by atoms with Crippen molar-refractivity contribution in [2.75, 3.05) is 13.7 Å². The predicted octanol–water partition coefficient (Wildman–Crippen LogP) is 2.54. The van der Waals surface area contributed by atoms with Crippen LogP contribution < -0.4 is 5.32 Å². The zero-order chi connectivity index (χ0) is 16.9. The van der Waals surface area contributed by atoms with Gasteiger partial charge in [0.1, 0.15) is 12.1 Å². The lowest BCUT2D eigenvalue weighted by molar-refractivity contribution is 0.232. The van der Waals surface area contributed by atoms with E-state index in [1.807, 2.05) is 18.8 Å². The summed E-state index contributed by atoms with van der Waals surface area (Å²) in [5, 5.41) is 7.57. The van der Waals surface area contributed by atoms with Gasteiger partial charge in [0.2, 0.25) is 0 Å². The van der Waals surface area contributed by atoms with Crippen LogP contribution in [-0.4, -0.2) is 35.0 Å². The average molecular weight is 324 g/mol. The van der Waals surface area contributed by atoms with Gasteiger partial charge in [-0.3, -0.25) is 4.68 Å². The Morgan fingerprint density at radius 3 is 2.75 bits per heavy atom. The normalized spacial score (nSPS) is 22.2. The summed E-state index contributed by atoms with van der Waals surface area (Å²) in [6, 6.07) is 7.52. The maximum Gasteiger partial charge on any atom is 0.285 e. The van der Waals surface area contributed by atoms with Gasteiger partial charge in [0.05, 0.1) is 5.69 Å². The number of hydrogen-bond donors (Lipinski definition) is 1. The van der Waals surface area contributed by atoms with E-state index >= 15 is 0 Å². The lowest BCUT2D eigenvalue weighted by atomic mass is 9.78. The molecule has 0 fully saturated rings. The number of aromatic nitrogens is 2. The zero-order valence-corrected chi connectivity index (χ0v) is 14.8. The molecule has 1 aliphatic carbocycles. The Balaban J connectivity index is 1.68. The summed E-state index contributed by atoms with van der Waals surface area (Å²) in [6.07, 6.45) is 3.05. The Labute approximate surface area is 142 Å². The first-order chi connectivity index (χ1) is 11.5. The molecule has 1 aliphatic heterocycles. The molecule has 1 unspecified atom stereocenters. The van der Waals surface area contributed by atoms with Crippen LogP contribution in [0.25, 0.3) is 11.1 Å². The lowest BCUT2D eigenvalue weighted by Gasteiger charge is -2.30. The molecule has 2 aliphatic rings. The van der Waals surface area contributed by atoms with E-state index in [9.17, 15) is 0 Å². The van der Waals surface area contributed by atoms with Crippen molar-refractivity contribution < 1.29 is 4.74 Å². The molecule has 126 valence electrons. The SMILES string of the molecule is CNC1=NC2(CCc3cc(-c4c(C)nn(C)c4C)ccc3C2)CO1. The van der Waals surface area contributed by atoms with Crippen molar-refractivity contribution in [3.63, 3.8) is 0 Å². The first-order valence-corrected chi connectivity index (χ1v) is 8.54. The van der Waals surface area contributed by atoms with Crippen LogP contribution in [0.5, 0.6) is 0 Å². The molecule has 5 heteroatoms. The van der Waals surface area contributed by atoms with Crippen LogP contribution in [0.2, 0.25) is 0 Å². The first kappa shape index (κ1) is 15.2. The molecular weight excluding hydrogens is 300 g/mol. The van der Waals surface area contributed by atoms with Crippen molar-refractivity contribution in [1.82, 2.24) is 15.1 Å². The maximum absolute atomic E-state index is 5.67. The van der Waals surface area contributed by atoms with Crippen molar-refractivity contribution in [3.8, 4) is 11.1 Å². The third-order valence-electron chi connectivity index (χ3n) is 5.41. The lowest BCUT2D eigenvalue weighted by Crippen LogP contribution is -2.35. The van der Waals surface area contributed by atoms with E-state index in [1.54, 1.807) is 0 Å². The van der Waals surface area contributed by atoms with Gasteiger partial charge in [-0.1, -0.05) is 18.2 Å². The van der Waals surface area contributed by atoms with Crippen molar-refractivity contribution in [2.45, 2.75) is 38.6 Å². The number of rotatable bonds is 1. The minimum absolute atomic E-state index is 0.0764. The second kappa shape index (κ2) is 5.36. The molecule has 1 aromatic heterocycles. The summed E-state index contributed by atoms with van der Waals surface area (Å²) in [5.41, 5.74) is 7.60. The number of nitrogens with zero attached hydrogens (tertiary/aromatic N) is 3. The fourth-order valence-corrected chi connectivity index (χ4v) is 4.02. The van der Waals surface area contributed by atoms with E-state index in [1.165, 1.54) is 27.9 Å². The minimum atomic E-state index is -0.0764. The highest BCUT2D eigenvalue weighted by atomic mass is 16.5. The highest BCUT2D eigenvalue weighted by molar-refractivity contribution is 5.76. The third-order valence-corrected chi connectivity index (χ3v) is 5.41. The van der Waals surface area contributed by atoms with E-state index in [0.29, 0.717) is 12.6 Å². The molecule has 0 radical (unpaired) electrons. The number of aryl methyl sites for hydroxylation is 3. The average Bonchev–Trinajstić information content (AvgIpc) is 3.08. The number of fused-ring (bicyclic) bond motifs is 1. The van der Waals surface area contributed by atoms with Crippen LogP contribution in [0.4, 0.5) is 0 Å². The van der Waals surface area contributed by atoms with Crippen LogP contribution in [-0.2, 0) is 24.6 Å². The summed E-state index contributed by atoms with van der Waals surface area (Å²) in [7, 11) is 3.87. The molecule has 1 aromatic carbocycles. The number of ether oxygens (including phenoxy) is 1. The number of amidine groups is 1. The van der Waals surface area contributed by atoms with Crippen molar-refractivity contribution in [1.29, 1.82) is 0 Å². The highest BCUT2D eigenvalue weighted by Crippen LogP contribution is 2.37. The summed E-state index contributed by atoms with van der Waals surface area (Å²) in [4.78, 5) is 4.78. The molecule has 1 spiro atoms. The first-order valence-electron chi connectivity index (χ1n) is 8.54. The van der Waals surface area contributed by atoms with Gasteiger partial charge in [-0.15, -0.1) is 0 Å². The van der Waals surface area contributed by atoms with E-state index in [2.05, 4.69) is 42.5 Å². The molecule has 2 heterocycles. The van der Waals surface area contributed by atoms with Crippen LogP contribution in [0, 0.1) is 13.8 Å². The van der Waals surface area contributed by atoms with E-state index < -0.39 is 0 Å². The predicted molar refractivity (Wildman–Crippen MR) is 95.3 cm³/mol. The molecule has 4 rings (SSSR count). The molecule has 0 bridgehead atoms. The Morgan fingerprint density at radius 1 is 1.25 bits per heavy atom. The summed E-state index contributed by atoms with van der Waals surface area (Å²) in [6.45, 7) is 4.90. The standard InChI is InChI=1S/C19H24N4O/c1-12-17(13(2)23(4)22-12)15-5-6-16-10-19(8-7-14(16)9-15)11-24-18(20-3)21-19/h5-6,9H,7-8,10-11H2,1-4H3,(H,20,21). The fraction of sp³-hybridized carbons (Fsp3) is 0.474. The molecule has 0 saturated carbocycles. The topological polar surface area (TPSA) is 51.4 Å². The zero-order valence-electron chi connectivity index (χ0n) is 14.8. The van der Waals surface area contributed by atoms with Gasteiger partial charge >= 0.3 is 0 Å². The van der Waals surface area contributed by atoms with E-state index in [0.717, 1.165) is 25.0 Å². The molecule has 2 aromatic rings. The summed E-state index contributed by atoms with van der Waals surface area (Å²) >= 11 is 0. The van der Waals surface area contributed by atoms with Gasteiger partial charge in [-0.2, -0.15) is 5.10 Å². The minimum Gasteiger partial charge on any atom is -0.463 e. The molecular formula is C19H24N4O. The summed E-state index contributed by atoms with van der Waals surface area (Å²) in [5.74, 6) is 0. The fourth-order valence-electron chi connectivity index (χ4n) is 4.02. The smallest absolute Gasteiger partial charge is 0.285 e. The third kappa shape index (κ3) is 2.30. The number of hydrogen-bond acceptors (Lipinski definition) is 4. The maximum atomic E-state index is 5.67. The second-order valence-corrected chi connectivity index (χ2v) is 7.01.